The Morgan fingerprint density at radius 2 is 2.12 bits per heavy atom. The van der Waals surface area contributed by atoms with Crippen LogP contribution >= 0.6 is 0 Å². The standard InChI is InChI=1S/C18H23NO5/c1-11(2)7-13(18(21)22)9-19-17(20)14-8-12-5-4-6-15(23-3)16(12)24-10-14/h4-6,8,11,13H,7,9-10H2,1-3H3,(H,19,20)(H,21,22). The van der Waals surface area contributed by atoms with Gasteiger partial charge in [0.2, 0.25) is 0 Å². The third-order valence-corrected chi connectivity index (χ3v) is 3.84. The van der Waals surface area contributed by atoms with Gasteiger partial charge in [0.25, 0.3) is 5.91 Å². The molecule has 0 fully saturated rings. The van der Waals surface area contributed by atoms with Crippen molar-refractivity contribution in [2.75, 3.05) is 20.3 Å². The third-order valence-electron chi connectivity index (χ3n) is 3.84. The Labute approximate surface area is 141 Å². The maximum Gasteiger partial charge on any atom is 0.308 e. The fourth-order valence-electron chi connectivity index (χ4n) is 2.64. The van der Waals surface area contributed by atoms with E-state index >= 15 is 0 Å². The molecule has 1 unspecified atom stereocenters. The van der Waals surface area contributed by atoms with E-state index in [9.17, 15) is 14.7 Å². The maximum atomic E-state index is 12.3. The van der Waals surface area contributed by atoms with Crippen molar-refractivity contribution in [3.8, 4) is 11.5 Å². The molecule has 24 heavy (non-hydrogen) atoms. The summed E-state index contributed by atoms with van der Waals surface area (Å²) in [6.45, 7) is 4.15. The van der Waals surface area contributed by atoms with E-state index in [0.29, 0.717) is 23.5 Å². The first-order valence-electron chi connectivity index (χ1n) is 7.93. The SMILES string of the molecule is COc1cccc2c1OCC(C(=O)NCC(CC(C)C)C(=O)O)=C2. The van der Waals surface area contributed by atoms with E-state index in [0.717, 1.165) is 5.56 Å². The van der Waals surface area contributed by atoms with Crippen molar-refractivity contribution in [1.82, 2.24) is 5.32 Å². The van der Waals surface area contributed by atoms with Crippen molar-refractivity contribution in [2.24, 2.45) is 11.8 Å². The van der Waals surface area contributed by atoms with E-state index < -0.39 is 11.9 Å². The quantitative estimate of drug-likeness (QED) is 0.800. The average molecular weight is 333 g/mol. The zero-order valence-corrected chi connectivity index (χ0v) is 14.2. The van der Waals surface area contributed by atoms with Gasteiger partial charge in [-0.3, -0.25) is 9.59 Å². The van der Waals surface area contributed by atoms with Crippen molar-refractivity contribution in [3.63, 3.8) is 0 Å². The van der Waals surface area contributed by atoms with Gasteiger partial charge >= 0.3 is 5.97 Å². The summed E-state index contributed by atoms with van der Waals surface area (Å²) in [7, 11) is 1.56. The lowest BCUT2D eigenvalue weighted by Gasteiger charge is -2.20. The number of hydrogen-bond acceptors (Lipinski definition) is 4. The van der Waals surface area contributed by atoms with Gasteiger partial charge < -0.3 is 19.9 Å². The molecule has 0 spiro atoms. The highest BCUT2D eigenvalue weighted by Gasteiger charge is 2.23. The third kappa shape index (κ3) is 4.28. The molecule has 0 bridgehead atoms. The van der Waals surface area contributed by atoms with Gasteiger partial charge in [-0.1, -0.05) is 26.0 Å². The van der Waals surface area contributed by atoms with Gasteiger partial charge in [0.1, 0.15) is 6.61 Å². The van der Waals surface area contributed by atoms with Gasteiger partial charge in [-0.2, -0.15) is 0 Å². The molecular formula is C18H23NO5. The van der Waals surface area contributed by atoms with Gasteiger partial charge in [0.15, 0.2) is 11.5 Å². The van der Waals surface area contributed by atoms with E-state index in [1.165, 1.54) is 0 Å². The van der Waals surface area contributed by atoms with Crippen molar-refractivity contribution in [2.45, 2.75) is 20.3 Å². The van der Waals surface area contributed by atoms with Crippen LogP contribution in [0.15, 0.2) is 23.8 Å². The second-order valence-electron chi connectivity index (χ2n) is 6.21. The highest BCUT2D eigenvalue weighted by molar-refractivity contribution is 5.99. The fraction of sp³-hybridized carbons (Fsp3) is 0.444. The number of methoxy groups -OCH3 is 1. The average Bonchev–Trinajstić information content (AvgIpc) is 2.56. The Bertz CT molecular complexity index is 651. The summed E-state index contributed by atoms with van der Waals surface area (Å²) in [5, 5.41) is 11.9. The van der Waals surface area contributed by atoms with Gasteiger partial charge in [0.05, 0.1) is 18.6 Å². The summed E-state index contributed by atoms with van der Waals surface area (Å²) >= 11 is 0. The van der Waals surface area contributed by atoms with E-state index in [1.807, 2.05) is 26.0 Å². The Morgan fingerprint density at radius 1 is 1.38 bits per heavy atom. The lowest BCUT2D eigenvalue weighted by atomic mass is 9.97. The fourth-order valence-corrected chi connectivity index (χ4v) is 2.64. The summed E-state index contributed by atoms with van der Waals surface area (Å²) in [5.74, 6) is -0.316. The largest absolute Gasteiger partial charge is 0.493 e. The molecule has 2 rings (SSSR count). The van der Waals surface area contributed by atoms with E-state index in [4.69, 9.17) is 9.47 Å². The molecule has 1 heterocycles. The number of carbonyl (C=O) groups is 2. The first kappa shape index (κ1) is 17.8. The number of carboxylic acids is 1. The van der Waals surface area contributed by atoms with Gasteiger partial charge in [0, 0.05) is 12.1 Å². The number of aliphatic carboxylic acids is 1. The first-order valence-corrected chi connectivity index (χ1v) is 7.93. The zero-order valence-electron chi connectivity index (χ0n) is 14.2. The van der Waals surface area contributed by atoms with Gasteiger partial charge in [-0.25, -0.2) is 0 Å². The molecule has 1 aliphatic rings. The van der Waals surface area contributed by atoms with Crippen molar-refractivity contribution < 1.29 is 24.2 Å². The summed E-state index contributed by atoms with van der Waals surface area (Å²) in [6, 6.07) is 5.45. The molecule has 6 heteroatoms. The lowest BCUT2D eigenvalue weighted by molar-refractivity contribution is -0.142. The van der Waals surface area contributed by atoms with Gasteiger partial charge in [-0.05, 0) is 24.5 Å². The second kappa shape index (κ2) is 7.86. The number of para-hydroxylation sites is 1. The van der Waals surface area contributed by atoms with E-state index in [2.05, 4.69) is 5.32 Å². The normalized spacial score (nSPS) is 14.2. The number of carbonyl (C=O) groups excluding carboxylic acids is 1. The second-order valence-corrected chi connectivity index (χ2v) is 6.21. The number of rotatable bonds is 7. The predicted molar refractivity (Wildman–Crippen MR) is 90.1 cm³/mol. The highest BCUT2D eigenvalue weighted by atomic mass is 16.5. The summed E-state index contributed by atoms with van der Waals surface area (Å²) < 4.78 is 10.9. The molecule has 0 aliphatic carbocycles. The highest BCUT2D eigenvalue weighted by Crippen LogP contribution is 2.35. The number of ether oxygens (including phenoxy) is 2. The summed E-state index contributed by atoms with van der Waals surface area (Å²) in [4.78, 5) is 23.5. The topological polar surface area (TPSA) is 84.9 Å². The van der Waals surface area contributed by atoms with Crippen molar-refractivity contribution in [3.05, 3.63) is 29.3 Å². The smallest absolute Gasteiger partial charge is 0.308 e. The van der Waals surface area contributed by atoms with E-state index in [1.54, 1.807) is 19.3 Å². The number of amides is 1. The van der Waals surface area contributed by atoms with Crippen LogP contribution in [0.3, 0.4) is 0 Å². The van der Waals surface area contributed by atoms with Crippen LogP contribution in [0.4, 0.5) is 0 Å². The number of benzene rings is 1. The molecule has 1 aromatic rings. The lowest BCUT2D eigenvalue weighted by Crippen LogP contribution is -2.35. The van der Waals surface area contributed by atoms with Crippen molar-refractivity contribution in [1.29, 1.82) is 0 Å². The predicted octanol–water partition coefficient (Wildman–Crippen LogP) is 2.33. The number of hydrogen-bond donors (Lipinski definition) is 2. The Morgan fingerprint density at radius 3 is 2.75 bits per heavy atom. The Balaban J connectivity index is 2.05. The van der Waals surface area contributed by atoms with Crippen LogP contribution in [0.1, 0.15) is 25.8 Å². The monoisotopic (exact) mass is 333 g/mol. The van der Waals surface area contributed by atoms with Crippen LogP contribution < -0.4 is 14.8 Å². The van der Waals surface area contributed by atoms with Crippen LogP contribution in [-0.4, -0.2) is 37.2 Å². The molecule has 0 radical (unpaired) electrons. The molecule has 6 nitrogen and oxygen atoms in total. The van der Waals surface area contributed by atoms with Crippen LogP contribution in [0.25, 0.3) is 6.08 Å². The molecule has 0 saturated carbocycles. The maximum absolute atomic E-state index is 12.3. The molecule has 130 valence electrons. The van der Waals surface area contributed by atoms with Crippen LogP contribution in [-0.2, 0) is 9.59 Å². The minimum absolute atomic E-state index is 0.106. The minimum Gasteiger partial charge on any atom is -0.493 e. The number of nitrogens with one attached hydrogen (secondary N) is 1. The first-order chi connectivity index (χ1) is 11.4. The molecule has 0 aromatic heterocycles. The molecule has 1 aliphatic heterocycles. The number of carboxylic acid groups (broad SMARTS) is 1. The molecule has 1 atom stereocenters. The summed E-state index contributed by atoms with van der Waals surface area (Å²) in [6.07, 6.45) is 2.26. The number of fused-ring (bicyclic) bond motifs is 1. The van der Waals surface area contributed by atoms with Crippen LogP contribution in [0, 0.1) is 11.8 Å². The molecular weight excluding hydrogens is 310 g/mol. The van der Waals surface area contributed by atoms with E-state index in [-0.39, 0.29) is 25.0 Å². The summed E-state index contributed by atoms with van der Waals surface area (Å²) in [5.41, 5.74) is 1.23. The van der Waals surface area contributed by atoms with Crippen LogP contribution in [0.2, 0.25) is 0 Å². The zero-order chi connectivity index (χ0) is 17.7. The molecule has 1 aromatic carbocycles. The molecule has 1 amide bonds. The van der Waals surface area contributed by atoms with Crippen LogP contribution in [0.5, 0.6) is 11.5 Å². The Kier molecular flexibility index (Phi) is 5.84. The van der Waals surface area contributed by atoms with Gasteiger partial charge in [-0.15, -0.1) is 0 Å². The molecule has 2 N–H and O–H groups in total. The minimum atomic E-state index is -0.895. The molecule has 0 saturated heterocycles. The van der Waals surface area contributed by atoms with Crippen molar-refractivity contribution >= 4 is 18.0 Å². The Hall–Kier alpha value is -2.50.